The smallest absolute Gasteiger partial charge is 0.357 e. The van der Waals surface area contributed by atoms with E-state index in [0.717, 1.165) is 0 Å². The van der Waals surface area contributed by atoms with Crippen molar-refractivity contribution >= 4 is 7.82 Å². The zero-order valence-electron chi connectivity index (χ0n) is 17.9. The predicted molar refractivity (Wildman–Crippen MR) is 113 cm³/mol. The van der Waals surface area contributed by atoms with Gasteiger partial charge in [-0.3, -0.25) is 0 Å². The Morgan fingerprint density at radius 2 is 1.26 bits per heavy atom. The van der Waals surface area contributed by atoms with Gasteiger partial charge in [-0.25, -0.2) is 4.57 Å². The predicted octanol–water partition coefficient (Wildman–Crippen LogP) is 5.21. The van der Waals surface area contributed by atoms with E-state index in [4.69, 9.17) is 19.2 Å². The molecule has 0 fully saturated rings. The monoisotopic (exact) mass is 406 g/mol. The summed E-state index contributed by atoms with van der Waals surface area (Å²) in [4.78, 5) is 26.4. The van der Waals surface area contributed by atoms with Crippen LogP contribution in [0.5, 0.6) is 0 Å². The van der Waals surface area contributed by atoms with Crippen molar-refractivity contribution in [2.45, 2.75) is 104 Å². The van der Waals surface area contributed by atoms with E-state index in [-0.39, 0.29) is 0 Å². The normalized spacial score (nSPS) is 17.0. The topological polar surface area (TPSA) is 84.2 Å². The van der Waals surface area contributed by atoms with Gasteiger partial charge in [-0.05, 0) is 20.3 Å². The summed E-state index contributed by atoms with van der Waals surface area (Å²) in [7, 11) is -2.45. The number of unbranched alkanes of at least 4 members (excludes halogenated alkanes) is 11. The second kappa shape index (κ2) is 15.4. The lowest BCUT2D eigenvalue weighted by atomic mass is 10.1. The number of hydrogen-bond acceptors (Lipinski definition) is 3. The first-order chi connectivity index (χ1) is 12.7. The van der Waals surface area contributed by atoms with Crippen LogP contribution in [0.2, 0.25) is 0 Å². The van der Waals surface area contributed by atoms with Crippen molar-refractivity contribution < 1.29 is 19.2 Å². The van der Waals surface area contributed by atoms with E-state index in [2.05, 4.69) is 43.8 Å². The first kappa shape index (κ1) is 26.4. The lowest BCUT2D eigenvalue weighted by Crippen LogP contribution is -2.34. The van der Waals surface area contributed by atoms with Crippen molar-refractivity contribution in [1.29, 1.82) is 0 Å². The van der Waals surface area contributed by atoms with Crippen LogP contribution in [0.25, 0.3) is 0 Å². The molecule has 0 aliphatic carbocycles. The average molecular weight is 407 g/mol. The van der Waals surface area contributed by atoms with Crippen molar-refractivity contribution in [1.82, 2.24) is 9.80 Å². The molecule has 0 aromatic heterocycles. The molecule has 1 rings (SSSR count). The first-order valence-corrected chi connectivity index (χ1v) is 12.2. The van der Waals surface area contributed by atoms with Crippen molar-refractivity contribution in [3.63, 3.8) is 0 Å². The van der Waals surface area contributed by atoms with E-state index in [0.29, 0.717) is 6.17 Å². The van der Waals surface area contributed by atoms with E-state index in [1.54, 1.807) is 0 Å². The van der Waals surface area contributed by atoms with Crippen LogP contribution in [0.1, 0.15) is 97.8 Å². The van der Waals surface area contributed by atoms with Gasteiger partial charge >= 0.3 is 7.82 Å². The fraction of sp³-hybridized carbons (Fsp3) is 0.900. The van der Waals surface area contributed by atoms with Crippen molar-refractivity contribution in [2.75, 3.05) is 13.6 Å². The molecule has 6 nitrogen and oxygen atoms in total. The maximum absolute atomic E-state index is 8.88. The highest BCUT2D eigenvalue weighted by atomic mass is 31.2. The third kappa shape index (κ3) is 16.1. The van der Waals surface area contributed by atoms with Gasteiger partial charge in [0.1, 0.15) is 0 Å². The molecule has 0 saturated heterocycles. The second-order valence-electron chi connectivity index (χ2n) is 7.65. The highest BCUT2D eigenvalue weighted by Crippen LogP contribution is 2.25. The summed E-state index contributed by atoms with van der Waals surface area (Å²) in [5.41, 5.74) is 1.39. The van der Waals surface area contributed by atoms with E-state index < -0.39 is 7.82 Å². The van der Waals surface area contributed by atoms with Crippen LogP contribution in [0.4, 0.5) is 0 Å². The highest BCUT2D eigenvalue weighted by molar-refractivity contribution is 7.45. The molecule has 162 valence electrons. The Hall–Kier alpha value is -0.550. The Kier molecular flexibility index (Phi) is 15.1. The van der Waals surface area contributed by atoms with Crippen LogP contribution in [0.15, 0.2) is 11.9 Å². The van der Waals surface area contributed by atoms with Gasteiger partial charge in [-0.1, -0.05) is 77.6 Å². The standard InChI is InChI=1S/C20H40N2.H3O4P/c1-5-6-7-8-9-10-11-12-13-14-15-16-17-22-18-19(2)21(4)20(22)3;1-5(2,3)4/h18,20H,5-17H2,1-4H3;(H3,1,2,3,4). The van der Waals surface area contributed by atoms with Crippen LogP contribution < -0.4 is 0 Å². The third-order valence-electron chi connectivity index (χ3n) is 5.22. The van der Waals surface area contributed by atoms with E-state index in [1.165, 1.54) is 89.3 Å². The van der Waals surface area contributed by atoms with Gasteiger partial charge in [-0.15, -0.1) is 0 Å². The molecule has 0 amide bonds. The molecule has 0 aromatic carbocycles. The molecule has 0 saturated carbocycles. The van der Waals surface area contributed by atoms with Gasteiger partial charge in [0.2, 0.25) is 0 Å². The molecule has 1 aliphatic heterocycles. The first-order valence-electron chi connectivity index (χ1n) is 10.6. The highest BCUT2D eigenvalue weighted by Gasteiger charge is 2.21. The summed E-state index contributed by atoms with van der Waals surface area (Å²) in [6, 6.07) is 0. The van der Waals surface area contributed by atoms with Crippen molar-refractivity contribution in [3.05, 3.63) is 11.9 Å². The number of rotatable bonds is 13. The summed E-state index contributed by atoms with van der Waals surface area (Å²) < 4.78 is 8.88. The maximum atomic E-state index is 8.88. The maximum Gasteiger partial charge on any atom is 0.466 e. The molecule has 0 aromatic rings. The molecule has 27 heavy (non-hydrogen) atoms. The number of allylic oxidation sites excluding steroid dienone is 1. The van der Waals surface area contributed by atoms with Crippen LogP contribution in [0, 0.1) is 0 Å². The average Bonchev–Trinajstić information content (AvgIpc) is 2.81. The van der Waals surface area contributed by atoms with Gasteiger partial charge in [0.15, 0.2) is 0 Å². The Morgan fingerprint density at radius 3 is 1.59 bits per heavy atom. The minimum Gasteiger partial charge on any atom is -0.357 e. The van der Waals surface area contributed by atoms with E-state index in [9.17, 15) is 0 Å². The molecule has 1 atom stereocenters. The minimum absolute atomic E-state index is 0.549. The summed E-state index contributed by atoms with van der Waals surface area (Å²) in [6.45, 7) is 8.02. The van der Waals surface area contributed by atoms with Crippen LogP contribution in [0.3, 0.4) is 0 Å². The second-order valence-corrected chi connectivity index (χ2v) is 8.68. The summed E-state index contributed by atoms with van der Waals surface area (Å²) in [5.74, 6) is 0. The fourth-order valence-electron chi connectivity index (χ4n) is 3.34. The Morgan fingerprint density at radius 1 is 0.889 bits per heavy atom. The molecule has 3 N–H and O–H groups in total. The van der Waals surface area contributed by atoms with Crippen LogP contribution >= 0.6 is 7.82 Å². The quantitative estimate of drug-likeness (QED) is 0.287. The Labute approximate surface area is 166 Å². The Balaban J connectivity index is 0.00000119. The van der Waals surface area contributed by atoms with Crippen molar-refractivity contribution in [2.24, 2.45) is 0 Å². The van der Waals surface area contributed by atoms with Gasteiger partial charge in [0.25, 0.3) is 0 Å². The molecular weight excluding hydrogens is 363 g/mol. The summed E-state index contributed by atoms with van der Waals surface area (Å²) in [5, 5.41) is 0. The molecule has 7 heteroatoms. The lowest BCUT2D eigenvalue weighted by molar-refractivity contribution is 0.185. The van der Waals surface area contributed by atoms with Crippen LogP contribution in [-0.2, 0) is 4.57 Å². The van der Waals surface area contributed by atoms with Crippen molar-refractivity contribution in [3.8, 4) is 0 Å². The van der Waals surface area contributed by atoms with E-state index in [1.807, 2.05) is 0 Å². The largest absolute Gasteiger partial charge is 0.466 e. The molecule has 0 radical (unpaired) electrons. The number of hydrogen-bond donors (Lipinski definition) is 3. The zero-order chi connectivity index (χ0) is 20.7. The minimum atomic E-state index is -4.64. The SMILES string of the molecule is CCCCCCCCCCCCCCN1C=C(C)N(C)C1C.O=P(O)(O)O. The summed E-state index contributed by atoms with van der Waals surface area (Å²) >= 11 is 0. The van der Waals surface area contributed by atoms with Gasteiger partial charge in [-0.2, -0.15) is 0 Å². The summed E-state index contributed by atoms with van der Waals surface area (Å²) in [6.07, 6.45) is 20.0. The zero-order valence-corrected chi connectivity index (χ0v) is 18.8. The number of nitrogens with zero attached hydrogens (tertiary/aromatic N) is 2. The molecular formula is C20H43N2O4P. The lowest BCUT2D eigenvalue weighted by Gasteiger charge is -2.27. The van der Waals surface area contributed by atoms with Gasteiger partial charge in [0.05, 0.1) is 6.17 Å². The molecule has 1 heterocycles. The van der Waals surface area contributed by atoms with Gasteiger partial charge < -0.3 is 24.5 Å². The fourth-order valence-corrected chi connectivity index (χ4v) is 3.34. The van der Waals surface area contributed by atoms with Crippen LogP contribution in [-0.4, -0.2) is 44.2 Å². The molecule has 0 spiro atoms. The molecule has 1 unspecified atom stereocenters. The Bertz CT molecular complexity index is 431. The molecule has 0 bridgehead atoms. The van der Waals surface area contributed by atoms with Gasteiger partial charge in [0, 0.05) is 25.5 Å². The molecule has 1 aliphatic rings. The number of phosphoric acid groups is 1. The van der Waals surface area contributed by atoms with E-state index >= 15 is 0 Å². The third-order valence-corrected chi connectivity index (χ3v) is 5.22.